The van der Waals surface area contributed by atoms with Gasteiger partial charge in [0.2, 0.25) is 0 Å². The summed E-state index contributed by atoms with van der Waals surface area (Å²) in [6, 6.07) is 6.17. The van der Waals surface area contributed by atoms with Gasteiger partial charge in [-0.2, -0.15) is 0 Å². The zero-order chi connectivity index (χ0) is 19.3. The Morgan fingerprint density at radius 2 is 1.86 bits per heavy atom. The van der Waals surface area contributed by atoms with Crippen LogP contribution in [0.25, 0.3) is 10.9 Å². The molecule has 3 aliphatic rings. The summed E-state index contributed by atoms with van der Waals surface area (Å²) in [6.45, 7) is 2.85. The van der Waals surface area contributed by atoms with Crippen LogP contribution in [0.2, 0.25) is 0 Å². The summed E-state index contributed by atoms with van der Waals surface area (Å²) >= 11 is 0. The maximum absolute atomic E-state index is 13.1. The van der Waals surface area contributed by atoms with Crippen LogP contribution in [0.3, 0.4) is 0 Å². The van der Waals surface area contributed by atoms with Crippen LogP contribution in [-0.4, -0.2) is 72.8 Å². The Bertz CT molecular complexity index is 1020. The minimum Gasteiger partial charge on any atom is -0.358 e. The maximum atomic E-state index is 13.1. The first-order valence-corrected chi connectivity index (χ1v) is 12.2. The molecule has 5 rings (SSSR count). The van der Waals surface area contributed by atoms with Crippen molar-refractivity contribution in [1.82, 2.24) is 14.8 Å². The zero-order valence-corrected chi connectivity index (χ0v) is 16.9. The molecule has 1 amide bonds. The van der Waals surface area contributed by atoms with E-state index >= 15 is 0 Å². The maximum Gasteiger partial charge on any atom is 0.253 e. The number of carbonyl (C=O) groups excluding carboxylic acids is 1. The third kappa shape index (κ3) is 3.24. The minimum atomic E-state index is -2.87. The molecular formula is C21H27N3O3S. The standard InChI is InChI=1S/C21H27N3O3S/c25-21(24-10-8-23(9-11-24)16-7-12-28(26,27)14-16)15-5-6-20-18(13-15)17-3-1-2-4-19(17)22-20/h5-6,13,16,22H,1-4,7-12,14H2. The van der Waals surface area contributed by atoms with Gasteiger partial charge in [0.15, 0.2) is 9.84 Å². The molecule has 7 heteroatoms. The topological polar surface area (TPSA) is 73.5 Å². The predicted octanol–water partition coefficient (Wildman–Crippen LogP) is 1.99. The van der Waals surface area contributed by atoms with Crippen LogP contribution in [0.1, 0.15) is 40.9 Å². The van der Waals surface area contributed by atoms with E-state index in [1.54, 1.807) is 0 Å². The van der Waals surface area contributed by atoms with Gasteiger partial charge in [-0.15, -0.1) is 0 Å². The molecule has 1 aromatic carbocycles. The van der Waals surface area contributed by atoms with E-state index in [0.717, 1.165) is 43.4 Å². The summed E-state index contributed by atoms with van der Waals surface area (Å²) in [5.41, 5.74) is 4.63. The fourth-order valence-electron chi connectivity index (χ4n) is 5.08. The van der Waals surface area contributed by atoms with Crippen molar-refractivity contribution in [3.8, 4) is 0 Å². The van der Waals surface area contributed by atoms with Gasteiger partial charge in [-0.05, 0) is 55.9 Å². The molecule has 0 radical (unpaired) electrons. The molecule has 28 heavy (non-hydrogen) atoms. The summed E-state index contributed by atoms with van der Waals surface area (Å²) in [7, 11) is -2.87. The zero-order valence-electron chi connectivity index (χ0n) is 16.1. The number of hydrogen-bond donors (Lipinski definition) is 1. The number of nitrogens with one attached hydrogen (secondary N) is 1. The monoisotopic (exact) mass is 401 g/mol. The van der Waals surface area contributed by atoms with Gasteiger partial charge in [-0.3, -0.25) is 9.69 Å². The molecule has 1 aliphatic carbocycles. The van der Waals surface area contributed by atoms with Crippen molar-refractivity contribution in [3.63, 3.8) is 0 Å². The highest BCUT2D eigenvalue weighted by Crippen LogP contribution is 2.30. The molecule has 150 valence electrons. The molecule has 0 bridgehead atoms. The van der Waals surface area contributed by atoms with Crippen molar-refractivity contribution in [2.75, 3.05) is 37.7 Å². The number of hydrogen-bond acceptors (Lipinski definition) is 4. The first kappa shape index (κ1) is 18.2. The molecule has 1 N–H and O–H groups in total. The van der Waals surface area contributed by atoms with E-state index in [1.807, 2.05) is 17.0 Å². The van der Waals surface area contributed by atoms with Crippen molar-refractivity contribution in [1.29, 1.82) is 0 Å². The third-order valence-corrected chi connectivity index (χ3v) is 8.42. The number of rotatable bonds is 2. The Morgan fingerprint density at radius 1 is 1.07 bits per heavy atom. The van der Waals surface area contributed by atoms with Crippen LogP contribution in [-0.2, 0) is 22.7 Å². The Kier molecular flexibility index (Phi) is 4.47. The van der Waals surface area contributed by atoms with Crippen molar-refractivity contribution in [2.24, 2.45) is 0 Å². The average Bonchev–Trinajstić information content (AvgIpc) is 3.26. The Labute approximate surface area is 165 Å². The molecule has 1 aromatic heterocycles. The number of aryl methyl sites for hydroxylation is 2. The number of sulfone groups is 1. The van der Waals surface area contributed by atoms with E-state index in [1.165, 1.54) is 29.5 Å². The fourth-order valence-corrected chi connectivity index (χ4v) is 6.84. The SMILES string of the molecule is O=C(c1ccc2[nH]c3c(c2c1)CCCC3)N1CCN(C2CCS(=O)(=O)C2)CC1. The van der Waals surface area contributed by atoms with Crippen LogP contribution in [0.15, 0.2) is 18.2 Å². The molecule has 2 aromatic rings. The molecule has 2 fully saturated rings. The first-order chi connectivity index (χ1) is 13.5. The highest BCUT2D eigenvalue weighted by molar-refractivity contribution is 7.91. The molecule has 6 nitrogen and oxygen atoms in total. The number of aromatic nitrogens is 1. The number of carbonyl (C=O) groups is 1. The predicted molar refractivity (Wildman–Crippen MR) is 109 cm³/mol. The number of nitrogens with zero attached hydrogens (tertiary/aromatic N) is 2. The van der Waals surface area contributed by atoms with Gasteiger partial charge < -0.3 is 9.88 Å². The molecule has 2 saturated heterocycles. The largest absolute Gasteiger partial charge is 0.358 e. The lowest BCUT2D eigenvalue weighted by Crippen LogP contribution is -2.52. The molecular weight excluding hydrogens is 374 g/mol. The van der Waals surface area contributed by atoms with E-state index in [9.17, 15) is 13.2 Å². The molecule has 3 heterocycles. The molecule has 2 aliphatic heterocycles. The summed E-state index contributed by atoms with van der Waals surface area (Å²) < 4.78 is 23.5. The Balaban J connectivity index is 1.29. The summed E-state index contributed by atoms with van der Waals surface area (Å²) in [5.74, 6) is 0.667. The van der Waals surface area contributed by atoms with Crippen molar-refractivity contribution >= 4 is 26.6 Å². The highest BCUT2D eigenvalue weighted by atomic mass is 32.2. The van der Waals surface area contributed by atoms with Crippen LogP contribution < -0.4 is 0 Å². The first-order valence-electron chi connectivity index (χ1n) is 10.4. The molecule has 0 spiro atoms. The van der Waals surface area contributed by atoms with Crippen molar-refractivity contribution in [3.05, 3.63) is 35.0 Å². The highest BCUT2D eigenvalue weighted by Gasteiger charge is 2.34. The van der Waals surface area contributed by atoms with Crippen LogP contribution >= 0.6 is 0 Å². The quantitative estimate of drug-likeness (QED) is 0.835. The van der Waals surface area contributed by atoms with E-state index in [4.69, 9.17) is 0 Å². The van der Waals surface area contributed by atoms with E-state index in [0.29, 0.717) is 18.8 Å². The summed E-state index contributed by atoms with van der Waals surface area (Å²) in [5, 5.41) is 1.20. The number of H-pyrrole nitrogens is 1. The van der Waals surface area contributed by atoms with Crippen LogP contribution in [0.4, 0.5) is 0 Å². The van der Waals surface area contributed by atoms with Crippen molar-refractivity contribution in [2.45, 2.75) is 38.1 Å². The van der Waals surface area contributed by atoms with E-state index in [2.05, 4.69) is 16.0 Å². The normalized spacial score (nSPS) is 25.1. The minimum absolute atomic E-state index is 0.0892. The Hall–Kier alpha value is -1.86. The average molecular weight is 402 g/mol. The van der Waals surface area contributed by atoms with Gasteiger partial charge in [0.1, 0.15) is 0 Å². The fraction of sp³-hybridized carbons (Fsp3) is 0.571. The number of aromatic amines is 1. The van der Waals surface area contributed by atoms with Gasteiger partial charge >= 0.3 is 0 Å². The van der Waals surface area contributed by atoms with E-state index in [-0.39, 0.29) is 17.7 Å². The van der Waals surface area contributed by atoms with Gasteiger partial charge in [-0.25, -0.2) is 8.42 Å². The number of amides is 1. The van der Waals surface area contributed by atoms with Gasteiger partial charge in [0, 0.05) is 54.4 Å². The molecule has 1 unspecified atom stereocenters. The van der Waals surface area contributed by atoms with E-state index < -0.39 is 9.84 Å². The van der Waals surface area contributed by atoms with Crippen LogP contribution in [0, 0.1) is 0 Å². The lowest BCUT2D eigenvalue weighted by atomic mass is 9.95. The molecule has 0 saturated carbocycles. The second kappa shape index (κ2) is 6.88. The smallest absolute Gasteiger partial charge is 0.253 e. The molecule has 1 atom stereocenters. The summed E-state index contributed by atoms with van der Waals surface area (Å²) in [6.07, 6.45) is 5.38. The third-order valence-electron chi connectivity index (χ3n) is 6.67. The lowest BCUT2D eigenvalue weighted by Gasteiger charge is -2.37. The second-order valence-corrected chi connectivity index (χ2v) is 10.7. The Morgan fingerprint density at radius 3 is 2.61 bits per heavy atom. The van der Waals surface area contributed by atoms with Crippen LogP contribution in [0.5, 0.6) is 0 Å². The van der Waals surface area contributed by atoms with Gasteiger partial charge in [0.25, 0.3) is 5.91 Å². The lowest BCUT2D eigenvalue weighted by molar-refractivity contribution is 0.0588. The van der Waals surface area contributed by atoms with Gasteiger partial charge in [-0.1, -0.05) is 0 Å². The van der Waals surface area contributed by atoms with Crippen molar-refractivity contribution < 1.29 is 13.2 Å². The number of fused-ring (bicyclic) bond motifs is 3. The van der Waals surface area contributed by atoms with Gasteiger partial charge in [0.05, 0.1) is 11.5 Å². The number of piperazine rings is 1. The second-order valence-electron chi connectivity index (χ2n) is 8.43. The summed E-state index contributed by atoms with van der Waals surface area (Å²) in [4.78, 5) is 20.8. The number of benzene rings is 1.